The first kappa shape index (κ1) is 16.5. The molecule has 0 heterocycles. The maximum absolute atomic E-state index is 12.3. The molecule has 0 saturated heterocycles. The number of hydrogen-bond acceptors (Lipinski definition) is 4. The number of anilines is 1. The van der Waals surface area contributed by atoms with Gasteiger partial charge in [-0.2, -0.15) is 0 Å². The SMILES string of the molecule is NC(=O)Oc1ccccc1NC(=O)c1ccc(CCCO)cc1. The molecule has 0 unspecified atom stereocenters. The lowest BCUT2D eigenvalue weighted by atomic mass is 10.1. The highest BCUT2D eigenvalue weighted by atomic mass is 16.5. The van der Waals surface area contributed by atoms with Crippen molar-refractivity contribution in [1.82, 2.24) is 0 Å². The minimum atomic E-state index is -0.945. The second kappa shape index (κ2) is 7.95. The Kier molecular flexibility index (Phi) is 5.71. The molecule has 23 heavy (non-hydrogen) atoms. The van der Waals surface area contributed by atoms with Crippen LogP contribution in [0.3, 0.4) is 0 Å². The van der Waals surface area contributed by atoms with Crippen LogP contribution in [0.1, 0.15) is 22.3 Å². The fourth-order valence-corrected chi connectivity index (χ4v) is 2.07. The van der Waals surface area contributed by atoms with Gasteiger partial charge >= 0.3 is 6.09 Å². The van der Waals surface area contributed by atoms with Gasteiger partial charge in [-0.3, -0.25) is 4.79 Å². The summed E-state index contributed by atoms with van der Waals surface area (Å²) >= 11 is 0. The lowest BCUT2D eigenvalue weighted by Crippen LogP contribution is -2.18. The fourth-order valence-electron chi connectivity index (χ4n) is 2.07. The molecule has 120 valence electrons. The summed E-state index contributed by atoms with van der Waals surface area (Å²) < 4.78 is 4.85. The second-order valence-electron chi connectivity index (χ2n) is 4.90. The summed E-state index contributed by atoms with van der Waals surface area (Å²) in [6.45, 7) is 0.138. The largest absolute Gasteiger partial charge is 0.410 e. The molecule has 6 nitrogen and oxygen atoms in total. The van der Waals surface area contributed by atoms with Crippen molar-refractivity contribution in [2.75, 3.05) is 11.9 Å². The number of carbonyl (C=O) groups excluding carboxylic acids is 2. The van der Waals surface area contributed by atoms with Crippen LogP contribution in [0.4, 0.5) is 10.5 Å². The first-order chi connectivity index (χ1) is 11.1. The zero-order valence-corrected chi connectivity index (χ0v) is 12.5. The number of para-hydroxylation sites is 2. The highest BCUT2D eigenvalue weighted by Crippen LogP contribution is 2.24. The van der Waals surface area contributed by atoms with Gasteiger partial charge in [-0.15, -0.1) is 0 Å². The number of nitrogens with two attached hydrogens (primary N) is 1. The van der Waals surface area contributed by atoms with Gasteiger partial charge in [0.1, 0.15) is 0 Å². The van der Waals surface area contributed by atoms with Gasteiger partial charge in [0, 0.05) is 12.2 Å². The fraction of sp³-hybridized carbons (Fsp3) is 0.176. The Bertz CT molecular complexity index is 683. The molecule has 0 fully saturated rings. The molecule has 6 heteroatoms. The molecule has 0 aliphatic heterocycles. The molecular weight excluding hydrogens is 296 g/mol. The van der Waals surface area contributed by atoms with Gasteiger partial charge in [0.05, 0.1) is 5.69 Å². The Morgan fingerprint density at radius 1 is 1.09 bits per heavy atom. The van der Waals surface area contributed by atoms with Crippen molar-refractivity contribution in [2.24, 2.45) is 5.73 Å². The summed E-state index contributed by atoms with van der Waals surface area (Å²) in [5, 5.41) is 11.5. The predicted octanol–water partition coefficient (Wildman–Crippen LogP) is 2.32. The van der Waals surface area contributed by atoms with Crippen LogP contribution in [-0.2, 0) is 6.42 Å². The van der Waals surface area contributed by atoms with Crippen molar-refractivity contribution in [1.29, 1.82) is 0 Å². The number of carbonyl (C=O) groups is 2. The van der Waals surface area contributed by atoms with Crippen LogP contribution >= 0.6 is 0 Å². The van der Waals surface area contributed by atoms with Crippen molar-refractivity contribution in [3.8, 4) is 5.75 Å². The molecule has 2 aromatic carbocycles. The number of aryl methyl sites for hydroxylation is 1. The normalized spacial score (nSPS) is 10.1. The van der Waals surface area contributed by atoms with Crippen molar-refractivity contribution < 1.29 is 19.4 Å². The number of amides is 2. The monoisotopic (exact) mass is 314 g/mol. The van der Waals surface area contributed by atoms with Crippen LogP contribution in [0.2, 0.25) is 0 Å². The van der Waals surface area contributed by atoms with Gasteiger partial charge in [0.2, 0.25) is 0 Å². The number of aliphatic hydroxyl groups excluding tert-OH is 1. The molecule has 0 radical (unpaired) electrons. The van der Waals surface area contributed by atoms with Crippen molar-refractivity contribution >= 4 is 17.7 Å². The molecule has 0 aliphatic carbocycles. The summed E-state index contributed by atoms with van der Waals surface area (Å²) in [5.41, 5.74) is 6.89. The standard InChI is InChI=1S/C17H18N2O4/c18-17(22)23-15-6-2-1-5-14(15)19-16(21)13-9-7-12(8-10-13)4-3-11-20/h1-2,5-10,20H,3-4,11H2,(H2,18,22)(H,19,21). The Hall–Kier alpha value is -2.86. The Balaban J connectivity index is 2.08. The van der Waals surface area contributed by atoms with Gasteiger partial charge < -0.3 is 20.9 Å². The van der Waals surface area contributed by atoms with Gasteiger partial charge in [-0.05, 0) is 42.7 Å². The molecule has 0 spiro atoms. The highest BCUT2D eigenvalue weighted by Gasteiger charge is 2.11. The minimum absolute atomic E-state index is 0.138. The Morgan fingerprint density at radius 2 is 1.78 bits per heavy atom. The van der Waals surface area contributed by atoms with Crippen LogP contribution in [0, 0.1) is 0 Å². The first-order valence-corrected chi connectivity index (χ1v) is 7.17. The summed E-state index contributed by atoms with van der Waals surface area (Å²) in [7, 11) is 0. The van der Waals surface area contributed by atoms with E-state index in [9.17, 15) is 9.59 Å². The number of benzene rings is 2. The van der Waals surface area contributed by atoms with E-state index in [1.165, 1.54) is 0 Å². The number of rotatable bonds is 6. The lowest BCUT2D eigenvalue weighted by molar-refractivity contribution is 0.102. The molecule has 0 aromatic heterocycles. The minimum Gasteiger partial charge on any atom is -0.408 e. The molecule has 2 aromatic rings. The molecule has 0 saturated carbocycles. The van der Waals surface area contributed by atoms with E-state index in [1.54, 1.807) is 36.4 Å². The van der Waals surface area contributed by atoms with E-state index in [-0.39, 0.29) is 18.3 Å². The lowest BCUT2D eigenvalue weighted by Gasteiger charge is -2.10. The summed E-state index contributed by atoms with van der Waals surface area (Å²) in [6.07, 6.45) is 0.497. The van der Waals surface area contributed by atoms with Gasteiger partial charge in [0.15, 0.2) is 5.75 Å². The quantitative estimate of drug-likeness (QED) is 0.761. The molecule has 0 atom stereocenters. The van der Waals surface area contributed by atoms with E-state index in [0.717, 1.165) is 12.0 Å². The number of nitrogens with one attached hydrogen (secondary N) is 1. The van der Waals surface area contributed by atoms with E-state index in [0.29, 0.717) is 17.7 Å². The second-order valence-corrected chi connectivity index (χ2v) is 4.90. The zero-order valence-electron chi connectivity index (χ0n) is 12.5. The summed E-state index contributed by atoms with van der Waals surface area (Å²) in [6, 6.07) is 13.6. The highest BCUT2D eigenvalue weighted by molar-refractivity contribution is 6.05. The van der Waals surface area contributed by atoms with Crippen molar-refractivity contribution in [3.05, 3.63) is 59.7 Å². The molecule has 4 N–H and O–H groups in total. The first-order valence-electron chi connectivity index (χ1n) is 7.17. The number of hydrogen-bond donors (Lipinski definition) is 3. The van der Waals surface area contributed by atoms with E-state index in [1.807, 2.05) is 12.1 Å². The molecular formula is C17H18N2O4. The van der Waals surface area contributed by atoms with E-state index in [2.05, 4.69) is 5.32 Å². The Morgan fingerprint density at radius 3 is 2.43 bits per heavy atom. The van der Waals surface area contributed by atoms with Crippen LogP contribution in [0.5, 0.6) is 5.75 Å². The van der Waals surface area contributed by atoms with Crippen LogP contribution < -0.4 is 15.8 Å². The third-order valence-corrected chi connectivity index (χ3v) is 3.19. The predicted molar refractivity (Wildman–Crippen MR) is 86.5 cm³/mol. The van der Waals surface area contributed by atoms with E-state index in [4.69, 9.17) is 15.6 Å². The summed E-state index contributed by atoms with van der Waals surface area (Å²) in [5.74, 6) is -0.132. The van der Waals surface area contributed by atoms with Gasteiger partial charge in [0.25, 0.3) is 5.91 Å². The molecule has 0 bridgehead atoms. The van der Waals surface area contributed by atoms with Gasteiger partial charge in [-0.1, -0.05) is 24.3 Å². The molecule has 0 aliphatic rings. The van der Waals surface area contributed by atoms with Crippen LogP contribution in [0.25, 0.3) is 0 Å². The zero-order chi connectivity index (χ0) is 16.7. The van der Waals surface area contributed by atoms with E-state index >= 15 is 0 Å². The topological polar surface area (TPSA) is 102 Å². The molecule has 2 amide bonds. The van der Waals surface area contributed by atoms with E-state index < -0.39 is 6.09 Å². The Labute approximate surface area is 133 Å². The van der Waals surface area contributed by atoms with Crippen molar-refractivity contribution in [3.63, 3.8) is 0 Å². The molecule has 2 rings (SSSR count). The maximum Gasteiger partial charge on any atom is 0.410 e. The number of ether oxygens (including phenoxy) is 1. The number of aliphatic hydroxyl groups is 1. The third kappa shape index (κ3) is 4.82. The van der Waals surface area contributed by atoms with Gasteiger partial charge in [-0.25, -0.2) is 4.79 Å². The van der Waals surface area contributed by atoms with Crippen LogP contribution in [0.15, 0.2) is 48.5 Å². The average Bonchev–Trinajstić information content (AvgIpc) is 2.54. The summed E-state index contributed by atoms with van der Waals surface area (Å²) in [4.78, 5) is 23.1. The van der Waals surface area contributed by atoms with Crippen LogP contribution in [-0.4, -0.2) is 23.7 Å². The third-order valence-electron chi connectivity index (χ3n) is 3.19. The van der Waals surface area contributed by atoms with Crippen molar-refractivity contribution in [2.45, 2.75) is 12.8 Å². The maximum atomic E-state index is 12.3. The smallest absolute Gasteiger partial charge is 0.408 e. The average molecular weight is 314 g/mol. The number of primary amides is 1.